The van der Waals surface area contributed by atoms with E-state index in [2.05, 4.69) is 4.98 Å². The van der Waals surface area contributed by atoms with E-state index < -0.39 is 11.5 Å². The van der Waals surface area contributed by atoms with Crippen molar-refractivity contribution in [3.63, 3.8) is 0 Å². The van der Waals surface area contributed by atoms with E-state index in [-0.39, 0.29) is 12.0 Å². The average molecular weight is 263 g/mol. The Kier molecular flexibility index (Phi) is 3.41. The van der Waals surface area contributed by atoms with Crippen LogP contribution < -0.4 is 15.0 Å². The molecule has 6 heteroatoms. The Bertz CT molecular complexity index is 689. The number of H-pyrrole nitrogens is 1. The van der Waals surface area contributed by atoms with Crippen LogP contribution in [0, 0.1) is 0 Å². The molecular weight excluding hydrogens is 250 g/mol. The number of aromatic amines is 1. The molecule has 0 aliphatic heterocycles. The quantitative estimate of drug-likeness (QED) is 0.864. The molecule has 19 heavy (non-hydrogen) atoms. The second-order valence-electron chi connectivity index (χ2n) is 3.99. The third-order valence-corrected chi connectivity index (χ3v) is 2.77. The Morgan fingerprint density at radius 2 is 1.84 bits per heavy atom. The van der Waals surface area contributed by atoms with Crippen molar-refractivity contribution in [3.8, 4) is 11.5 Å². The van der Waals surface area contributed by atoms with Crippen molar-refractivity contribution < 1.29 is 19.4 Å². The molecule has 0 aliphatic rings. The van der Waals surface area contributed by atoms with E-state index in [4.69, 9.17) is 14.6 Å². The summed E-state index contributed by atoms with van der Waals surface area (Å²) in [6.45, 7) is 0. The zero-order valence-corrected chi connectivity index (χ0v) is 10.5. The lowest BCUT2D eigenvalue weighted by Gasteiger charge is -2.09. The van der Waals surface area contributed by atoms with Gasteiger partial charge in [0.2, 0.25) is 0 Å². The molecular formula is C13H13NO5. The highest BCUT2D eigenvalue weighted by Gasteiger charge is 2.10. The summed E-state index contributed by atoms with van der Waals surface area (Å²) in [6.07, 6.45) is -0.320. The topological polar surface area (TPSA) is 88.6 Å². The van der Waals surface area contributed by atoms with Crippen LogP contribution in [0.15, 0.2) is 23.0 Å². The van der Waals surface area contributed by atoms with E-state index in [0.717, 1.165) is 0 Å². The highest BCUT2D eigenvalue weighted by Crippen LogP contribution is 2.30. The maximum absolute atomic E-state index is 11.7. The van der Waals surface area contributed by atoms with Crippen LogP contribution in [0.3, 0.4) is 0 Å². The minimum absolute atomic E-state index is 0.201. The maximum atomic E-state index is 11.7. The molecule has 2 rings (SSSR count). The second-order valence-corrected chi connectivity index (χ2v) is 3.99. The number of hydrogen-bond donors (Lipinski definition) is 2. The molecule has 0 spiro atoms. The number of ether oxygens (including phenoxy) is 2. The highest BCUT2D eigenvalue weighted by atomic mass is 16.5. The van der Waals surface area contributed by atoms with Gasteiger partial charge in [-0.15, -0.1) is 0 Å². The molecule has 6 nitrogen and oxygen atoms in total. The van der Waals surface area contributed by atoms with Crippen molar-refractivity contribution >= 4 is 16.9 Å². The van der Waals surface area contributed by atoms with E-state index in [1.165, 1.54) is 14.2 Å². The number of aromatic nitrogens is 1. The van der Waals surface area contributed by atoms with E-state index >= 15 is 0 Å². The van der Waals surface area contributed by atoms with Crippen molar-refractivity contribution in [1.29, 1.82) is 0 Å². The number of methoxy groups -OCH3 is 2. The predicted molar refractivity (Wildman–Crippen MR) is 69.0 cm³/mol. The first-order valence-electron chi connectivity index (χ1n) is 5.55. The Morgan fingerprint density at radius 3 is 2.42 bits per heavy atom. The molecule has 0 unspecified atom stereocenters. The van der Waals surface area contributed by atoms with Gasteiger partial charge in [0.25, 0.3) is 5.56 Å². The number of carboxylic acid groups (broad SMARTS) is 1. The number of benzene rings is 1. The Balaban J connectivity index is 2.65. The van der Waals surface area contributed by atoms with E-state index in [9.17, 15) is 9.59 Å². The lowest BCUT2D eigenvalue weighted by molar-refractivity contribution is -0.136. The van der Waals surface area contributed by atoms with Gasteiger partial charge >= 0.3 is 5.97 Å². The summed E-state index contributed by atoms with van der Waals surface area (Å²) in [5, 5.41) is 9.44. The first-order chi connectivity index (χ1) is 9.05. The number of carboxylic acids is 1. The number of nitrogens with one attached hydrogen (secondary N) is 1. The van der Waals surface area contributed by atoms with Gasteiger partial charge in [-0.3, -0.25) is 9.59 Å². The molecule has 0 saturated heterocycles. The fourth-order valence-corrected chi connectivity index (χ4v) is 1.87. The molecule has 1 aromatic carbocycles. The van der Waals surface area contributed by atoms with E-state index in [1.807, 2.05) is 0 Å². The average Bonchev–Trinajstić information content (AvgIpc) is 2.37. The minimum atomic E-state index is -1.05. The SMILES string of the molecule is COc1cc2cc(CC(=O)O)c(=O)[nH]c2cc1OC. The zero-order valence-electron chi connectivity index (χ0n) is 10.5. The van der Waals surface area contributed by atoms with E-state index in [0.29, 0.717) is 22.4 Å². The summed E-state index contributed by atoms with van der Waals surface area (Å²) in [6, 6.07) is 4.87. The monoisotopic (exact) mass is 263 g/mol. The van der Waals surface area contributed by atoms with Gasteiger partial charge in [0, 0.05) is 17.0 Å². The first kappa shape index (κ1) is 12.9. The van der Waals surface area contributed by atoms with Gasteiger partial charge in [0.05, 0.1) is 26.2 Å². The molecule has 0 bridgehead atoms. The fourth-order valence-electron chi connectivity index (χ4n) is 1.87. The Hall–Kier alpha value is -2.50. The van der Waals surface area contributed by atoms with Crippen LogP contribution in [0.25, 0.3) is 10.9 Å². The van der Waals surface area contributed by atoms with Gasteiger partial charge in [-0.05, 0) is 12.1 Å². The van der Waals surface area contributed by atoms with Crippen molar-refractivity contribution in [2.75, 3.05) is 14.2 Å². The van der Waals surface area contributed by atoms with Crippen LogP contribution in [-0.4, -0.2) is 30.3 Å². The third kappa shape index (κ3) is 2.52. The van der Waals surface area contributed by atoms with Crippen LogP contribution >= 0.6 is 0 Å². The van der Waals surface area contributed by atoms with Gasteiger partial charge in [0.1, 0.15) is 0 Å². The molecule has 0 radical (unpaired) electrons. The smallest absolute Gasteiger partial charge is 0.308 e. The summed E-state index contributed by atoms with van der Waals surface area (Å²) in [5.74, 6) is -0.0368. The number of carbonyl (C=O) groups is 1. The fraction of sp³-hybridized carbons (Fsp3) is 0.231. The van der Waals surface area contributed by atoms with Crippen LogP contribution in [0.1, 0.15) is 5.56 Å². The molecule has 0 atom stereocenters. The molecule has 0 saturated carbocycles. The van der Waals surface area contributed by atoms with Crippen LogP contribution in [-0.2, 0) is 11.2 Å². The van der Waals surface area contributed by atoms with E-state index in [1.54, 1.807) is 18.2 Å². The number of fused-ring (bicyclic) bond motifs is 1. The van der Waals surface area contributed by atoms with Crippen LogP contribution in [0.2, 0.25) is 0 Å². The number of hydrogen-bond acceptors (Lipinski definition) is 4. The third-order valence-electron chi connectivity index (χ3n) is 2.77. The number of aliphatic carboxylic acids is 1. The number of rotatable bonds is 4. The van der Waals surface area contributed by atoms with Crippen molar-refractivity contribution in [3.05, 3.63) is 34.1 Å². The van der Waals surface area contributed by atoms with Gasteiger partial charge in [0.15, 0.2) is 11.5 Å². The summed E-state index contributed by atoms with van der Waals surface area (Å²) < 4.78 is 10.3. The lowest BCUT2D eigenvalue weighted by Crippen LogP contribution is -2.16. The highest BCUT2D eigenvalue weighted by molar-refractivity contribution is 5.84. The summed E-state index contributed by atoms with van der Waals surface area (Å²) in [7, 11) is 3.01. The molecule has 1 aromatic heterocycles. The molecule has 1 heterocycles. The van der Waals surface area contributed by atoms with Crippen molar-refractivity contribution in [2.24, 2.45) is 0 Å². The lowest BCUT2D eigenvalue weighted by atomic mass is 10.1. The van der Waals surface area contributed by atoms with Crippen LogP contribution in [0.5, 0.6) is 11.5 Å². The summed E-state index contributed by atoms with van der Waals surface area (Å²) >= 11 is 0. The molecule has 100 valence electrons. The van der Waals surface area contributed by atoms with Crippen molar-refractivity contribution in [1.82, 2.24) is 4.98 Å². The maximum Gasteiger partial charge on any atom is 0.308 e. The molecule has 0 aliphatic carbocycles. The molecule has 0 fully saturated rings. The summed E-state index contributed by atoms with van der Waals surface area (Å²) in [4.78, 5) is 25.1. The van der Waals surface area contributed by atoms with Gasteiger partial charge in [-0.1, -0.05) is 0 Å². The Morgan fingerprint density at radius 1 is 1.21 bits per heavy atom. The van der Waals surface area contributed by atoms with Gasteiger partial charge in [-0.25, -0.2) is 0 Å². The van der Waals surface area contributed by atoms with Gasteiger partial charge in [-0.2, -0.15) is 0 Å². The Labute approximate surface area is 108 Å². The summed E-state index contributed by atoms with van der Waals surface area (Å²) in [5.41, 5.74) is 0.353. The van der Waals surface area contributed by atoms with Crippen molar-refractivity contribution in [2.45, 2.75) is 6.42 Å². The molecule has 0 amide bonds. The molecule has 2 N–H and O–H groups in total. The predicted octanol–water partition coefficient (Wildman–Crippen LogP) is 1.17. The molecule has 2 aromatic rings. The normalized spacial score (nSPS) is 10.4. The second kappa shape index (κ2) is 5.01. The minimum Gasteiger partial charge on any atom is -0.493 e. The largest absolute Gasteiger partial charge is 0.493 e. The zero-order chi connectivity index (χ0) is 14.0. The van der Waals surface area contributed by atoms with Gasteiger partial charge < -0.3 is 19.6 Å². The first-order valence-corrected chi connectivity index (χ1v) is 5.55. The van der Waals surface area contributed by atoms with Crippen LogP contribution in [0.4, 0.5) is 0 Å². The standard InChI is InChI=1S/C13H13NO5/c1-18-10-4-7-3-8(5-12(15)16)13(17)14-9(7)6-11(10)19-2/h3-4,6H,5H2,1-2H3,(H,14,17)(H,15,16). The number of pyridine rings is 1.